The Morgan fingerprint density at radius 1 is 1.12 bits per heavy atom. The quantitative estimate of drug-likeness (QED) is 0.637. The molecule has 1 saturated heterocycles. The lowest BCUT2D eigenvalue weighted by molar-refractivity contribution is -0.123. The fourth-order valence-corrected chi connectivity index (χ4v) is 3.36. The molecule has 2 rings (SSSR count). The second-order valence-electron chi connectivity index (χ2n) is 5.85. The van der Waals surface area contributed by atoms with E-state index in [0.717, 1.165) is 31.3 Å². The number of rotatable bonds is 1. The van der Waals surface area contributed by atoms with E-state index >= 15 is 0 Å². The number of hydrogen-bond acceptors (Lipinski definition) is 2. The van der Waals surface area contributed by atoms with Crippen molar-refractivity contribution >= 4 is 5.78 Å². The molecule has 0 spiro atoms. The van der Waals surface area contributed by atoms with E-state index in [9.17, 15) is 4.79 Å². The lowest BCUT2D eigenvalue weighted by atomic mass is 9.96. The Hall–Kier alpha value is -0.370. The molecule has 0 amide bonds. The predicted molar refractivity (Wildman–Crippen MR) is 66.4 cm³/mol. The molecule has 2 fully saturated rings. The van der Waals surface area contributed by atoms with Gasteiger partial charge in [-0.15, -0.1) is 0 Å². The molecule has 2 heteroatoms. The fraction of sp³-hybridized carbons (Fsp3) is 0.929. The lowest BCUT2D eigenvalue weighted by Gasteiger charge is -2.39. The molecule has 2 aliphatic rings. The van der Waals surface area contributed by atoms with E-state index in [1.54, 1.807) is 0 Å². The first-order chi connectivity index (χ1) is 7.66. The molecule has 0 bridgehead atoms. The van der Waals surface area contributed by atoms with Crippen LogP contribution in [0.3, 0.4) is 0 Å². The summed E-state index contributed by atoms with van der Waals surface area (Å²) in [6.45, 7) is 5.62. The fourth-order valence-electron chi connectivity index (χ4n) is 3.36. The smallest absolute Gasteiger partial charge is 0.135 e. The lowest BCUT2D eigenvalue weighted by Crippen LogP contribution is -2.47. The van der Waals surface area contributed by atoms with Crippen LogP contribution in [0.15, 0.2) is 0 Å². The summed E-state index contributed by atoms with van der Waals surface area (Å²) in [5.74, 6) is 1.37. The molecule has 0 aromatic rings. The monoisotopic (exact) mass is 223 g/mol. The van der Waals surface area contributed by atoms with Gasteiger partial charge in [-0.1, -0.05) is 19.8 Å². The topological polar surface area (TPSA) is 20.3 Å². The Kier molecular flexibility index (Phi) is 4.01. The summed E-state index contributed by atoms with van der Waals surface area (Å²) in [5.41, 5.74) is 0. The Morgan fingerprint density at radius 3 is 2.69 bits per heavy atom. The van der Waals surface area contributed by atoms with Crippen molar-refractivity contribution in [3.05, 3.63) is 0 Å². The number of likely N-dealkylation sites (tertiary alicyclic amines) is 1. The molecule has 3 unspecified atom stereocenters. The van der Waals surface area contributed by atoms with E-state index in [1.165, 1.54) is 32.1 Å². The largest absolute Gasteiger partial charge is 0.300 e. The van der Waals surface area contributed by atoms with Crippen LogP contribution < -0.4 is 0 Å². The minimum atomic E-state index is 0.464. The second-order valence-corrected chi connectivity index (χ2v) is 5.85. The molecule has 1 heterocycles. The molecule has 3 atom stereocenters. The van der Waals surface area contributed by atoms with Gasteiger partial charge in [-0.05, 0) is 32.1 Å². The van der Waals surface area contributed by atoms with Crippen molar-refractivity contribution in [2.75, 3.05) is 6.54 Å². The van der Waals surface area contributed by atoms with Crippen LogP contribution in [0.2, 0.25) is 0 Å². The third-order valence-electron chi connectivity index (χ3n) is 4.43. The Labute approximate surface area is 99.4 Å². The first kappa shape index (κ1) is 12.1. The Morgan fingerprint density at radius 2 is 1.94 bits per heavy atom. The molecule has 16 heavy (non-hydrogen) atoms. The van der Waals surface area contributed by atoms with E-state index in [-0.39, 0.29) is 0 Å². The zero-order chi connectivity index (χ0) is 11.5. The zero-order valence-corrected chi connectivity index (χ0v) is 10.7. The van der Waals surface area contributed by atoms with Gasteiger partial charge in [-0.25, -0.2) is 0 Å². The number of carbonyl (C=O) groups excluding carboxylic acids is 1. The normalized spacial score (nSPS) is 38.4. The standard InChI is InChI=1S/C14H25NO/c1-11-4-3-5-13(7-6-11)15-9-8-14(16)10-12(15)2/h11-13H,3-10H2,1-2H3. The van der Waals surface area contributed by atoms with E-state index in [2.05, 4.69) is 18.7 Å². The second kappa shape index (κ2) is 5.31. The maximum atomic E-state index is 11.4. The highest BCUT2D eigenvalue weighted by atomic mass is 16.1. The van der Waals surface area contributed by atoms with Crippen molar-refractivity contribution in [1.82, 2.24) is 4.90 Å². The minimum Gasteiger partial charge on any atom is -0.300 e. The molecule has 0 N–H and O–H groups in total. The summed E-state index contributed by atoms with van der Waals surface area (Å²) >= 11 is 0. The molecule has 1 aliphatic heterocycles. The SMILES string of the molecule is CC1CCCC(N2CCC(=O)CC2C)CC1. The molecule has 0 radical (unpaired) electrons. The summed E-state index contributed by atoms with van der Waals surface area (Å²) in [7, 11) is 0. The Balaban J connectivity index is 1.93. The molecule has 1 aliphatic carbocycles. The highest BCUT2D eigenvalue weighted by Gasteiger charge is 2.30. The number of Topliss-reactive ketones (excluding diaryl/α,β-unsaturated/α-hetero) is 1. The minimum absolute atomic E-state index is 0.464. The van der Waals surface area contributed by atoms with Gasteiger partial charge in [0, 0.05) is 31.5 Å². The van der Waals surface area contributed by atoms with Crippen LogP contribution in [0.25, 0.3) is 0 Å². The number of hydrogen-bond donors (Lipinski definition) is 0. The number of piperidine rings is 1. The van der Waals surface area contributed by atoms with E-state index in [1.807, 2.05) is 0 Å². The molecular formula is C14H25NO. The maximum absolute atomic E-state index is 11.4. The number of carbonyl (C=O) groups is 1. The van der Waals surface area contributed by atoms with Crippen molar-refractivity contribution < 1.29 is 4.79 Å². The third-order valence-corrected chi connectivity index (χ3v) is 4.43. The van der Waals surface area contributed by atoms with E-state index in [4.69, 9.17) is 0 Å². The molecule has 0 aromatic carbocycles. The van der Waals surface area contributed by atoms with Crippen molar-refractivity contribution in [1.29, 1.82) is 0 Å². The maximum Gasteiger partial charge on any atom is 0.135 e. The summed E-state index contributed by atoms with van der Waals surface area (Å²) in [6.07, 6.45) is 8.42. The average molecular weight is 223 g/mol. The first-order valence-electron chi connectivity index (χ1n) is 6.94. The third kappa shape index (κ3) is 2.85. The van der Waals surface area contributed by atoms with Crippen molar-refractivity contribution in [3.8, 4) is 0 Å². The van der Waals surface area contributed by atoms with Gasteiger partial charge in [0.1, 0.15) is 5.78 Å². The van der Waals surface area contributed by atoms with Gasteiger partial charge in [0.05, 0.1) is 0 Å². The van der Waals surface area contributed by atoms with Gasteiger partial charge in [0.15, 0.2) is 0 Å². The Bertz CT molecular complexity index is 251. The van der Waals surface area contributed by atoms with E-state index in [0.29, 0.717) is 11.8 Å². The van der Waals surface area contributed by atoms with Crippen LogP contribution in [0.5, 0.6) is 0 Å². The van der Waals surface area contributed by atoms with Crippen LogP contribution in [0, 0.1) is 5.92 Å². The van der Waals surface area contributed by atoms with Gasteiger partial charge in [-0.3, -0.25) is 9.69 Å². The van der Waals surface area contributed by atoms with Crippen LogP contribution in [-0.2, 0) is 4.79 Å². The number of ketones is 1. The van der Waals surface area contributed by atoms with Gasteiger partial charge < -0.3 is 0 Å². The van der Waals surface area contributed by atoms with Crippen LogP contribution in [0.1, 0.15) is 58.8 Å². The van der Waals surface area contributed by atoms with Gasteiger partial charge >= 0.3 is 0 Å². The molecule has 1 saturated carbocycles. The van der Waals surface area contributed by atoms with Crippen molar-refractivity contribution in [2.24, 2.45) is 5.92 Å². The zero-order valence-electron chi connectivity index (χ0n) is 10.7. The molecule has 92 valence electrons. The van der Waals surface area contributed by atoms with E-state index < -0.39 is 0 Å². The predicted octanol–water partition coefficient (Wildman–Crippen LogP) is 3.01. The van der Waals surface area contributed by atoms with Crippen LogP contribution in [-0.4, -0.2) is 29.3 Å². The summed E-state index contributed by atoms with van der Waals surface area (Å²) in [5, 5.41) is 0. The highest BCUT2D eigenvalue weighted by Crippen LogP contribution is 2.29. The average Bonchev–Trinajstić information content (AvgIpc) is 2.43. The molecule has 0 aromatic heterocycles. The van der Waals surface area contributed by atoms with Crippen LogP contribution in [0.4, 0.5) is 0 Å². The van der Waals surface area contributed by atoms with Crippen LogP contribution >= 0.6 is 0 Å². The van der Waals surface area contributed by atoms with Gasteiger partial charge in [0.25, 0.3) is 0 Å². The van der Waals surface area contributed by atoms with Gasteiger partial charge in [-0.2, -0.15) is 0 Å². The van der Waals surface area contributed by atoms with Crippen molar-refractivity contribution in [3.63, 3.8) is 0 Å². The summed E-state index contributed by atoms with van der Waals surface area (Å²) in [4.78, 5) is 14.0. The van der Waals surface area contributed by atoms with Crippen molar-refractivity contribution in [2.45, 2.75) is 70.9 Å². The first-order valence-corrected chi connectivity index (χ1v) is 6.94. The summed E-state index contributed by atoms with van der Waals surface area (Å²) < 4.78 is 0. The number of nitrogens with zero attached hydrogens (tertiary/aromatic N) is 1. The van der Waals surface area contributed by atoms with Gasteiger partial charge in [0.2, 0.25) is 0 Å². The molecular weight excluding hydrogens is 198 g/mol. The molecule has 2 nitrogen and oxygen atoms in total. The summed E-state index contributed by atoms with van der Waals surface area (Å²) in [6, 6.07) is 1.24. The highest BCUT2D eigenvalue weighted by molar-refractivity contribution is 5.79.